The van der Waals surface area contributed by atoms with Crippen molar-refractivity contribution in [2.24, 2.45) is 5.92 Å². The minimum Gasteiger partial charge on any atom is -0.393 e. The van der Waals surface area contributed by atoms with Crippen LogP contribution >= 0.6 is 0 Å². The summed E-state index contributed by atoms with van der Waals surface area (Å²) in [5.41, 5.74) is 0.0814. The second-order valence-electron chi connectivity index (χ2n) is 8.51. The van der Waals surface area contributed by atoms with Gasteiger partial charge >= 0.3 is 6.03 Å². The van der Waals surface area contributed by atoms with E-state index < -0.39 is 0 Å². The predicted molar refractivity (Wildman–Crippen MR) is 88.8 cm³/mol. The molecule has 2 fully saturated rings. The Labute approximate surface area is 134 Å². The summed E-state index contributed by atoms with van der Waals surface area (Å²) in [6.07, 6.45) is 3.43. The maximum atomic E-state index is 12.5. The van der Waals surface area contributed by atoms with Gasteiger partial charge in [-0.3, -0.25) is 0 Å². The molecular formula is C17H33N3O2. The Hall–Kier alpha value is -0.810. The fourth-order valence-electron chi connectivity index (χ4n) is 4.28. The molecule has 2 aliphatic heterocycles. The highest BCUT2D eigenvalue weighted by Crippen LogP contribution is 2.29. The Bertz CT molecular complexity index is 383. The van der Waals surface area contributed by atoms with Gasteiger partial charge in [0.05, 0.1) is 6.10 Å². The number of hydrogen-bond acceptors (Lipinski definition) is 3. The highest BCUT2D eigenvalue weighted by atomic mass is 16.3. The van der Waals surface area contributed by atoms with Crippen LogP contribution in [0.3, 0.4) is 0 Å². The van der Waals surface area contributed by atoms with E-state index in [1.54, 1.807) is 0 Å². The first-order chi connectivity index (χ1) is 10.1. The summed E-state index contributed by atoms with van der Waals surface area (Å²) in [5, 5.41) is 16.5. The number of aliphatic hydroxyl groups is 1. The second kappa shape index (κ2) is 6.36. The SMILES string of the molecule is CC(O)C1CCN(C(=O)NC2CC(C)(C)NC(C)(C)C2)CC1. The molecule has 0 aliphatic carbocycles. The molecule has 0 saturated carbocycles. The van der Waals surface area contributed by atoms with Crippen molar-refractivity contribution in [2.45, 2.75) is 83.5 Å². The van der Waals surface area contributed by atoms with Crippen LogP contribution in [0.1, 0.15) is 60.3 Å². The largest absolute Gasteiger partial charge is 0.393 e. The number of rotatable bonds is 2. The van der Waals surface area contributed by atoms with Crippen molar-refractivity contribution in [1.29, 1.82) is 0 Å². The quantitative estimate of drug-likeness (QED) is 0.732. The fraction of sp³-hybridized carbons (Fsp3) is 0.941. The lowest BCUT2D eigenvalue weighted by molar-refractivity contribution is 0.0772. The summed E-state index contributed by atoms with van der Waals surface area (Å²) in [5.74, 6) is 0.334. The molecule has 0 radical (unpaired) electrons. The van der Waals surface area contributed by atoms with Crippen LogP contribution in [0, 0.1) is 5.92 Å². The zero-order valence-corrected chi connectivity index (χ0v) is 14.8. The minimum absolute atomic E-state index is 0.0407. The van der Waals surface area contributed by atoms with Crippen LogP contribution in [0.2, 0.25) is 0 Å². The van der Waals surface area contributed by atoms with Crippen LogP contribution in [0.25, 0.3) is 0 Å². The van der Waals surface area contributed by atoms with Crippen molar-refractivity contribution < 1.29 is 9.90 Å². The Balaban J connectivity index is 1.87. The van der Waals surface area contributed by atoms with E-state index in [2.05, 4.69) is 38.3 Å². The molecule has 2 saturated heterocycles. The molecule has 3 N–H and O–H groups in total. The summed E-state index contributed by atoms with van der Waals surface area (Å²) in [7, 11) is 0. The summed E-state index contributed by atoms with van der Waals surface area (Å²) < 4.78 is 0. The van der Waals surface area contributed by atoms with Crippen LogP contribution in [-0.2, 0) is 0 Å². The van der Waals surface area contributed by atoms with Gasteiger partial charge in [-0.1, -0.05) is 0 Å². The van der Waals surface area contributed by atoms with Crippen LogP contribution in [0.5, 0.6) is 0 Å². The average Bonchev–Trinajstić information content (AvgIpc) is 2.34. The molecule has 0 aromatic rings. The van der Waals surface area contributed by atoms with Gasteiger partial charge in [-0.25, -0.2) is 4.79 Å². The van der Waals surface area contributed by atoms with Gasteiger partial charge in [-0.2, -0.15) is 0 Å². The molecule has 2 amide bonds. The molecule has 2 rings (SSSR count). The molecule has 0 spiro atoms. The number of carbonyl (C=O) groups excluding carboxylic acids is 1. The lowest BCUT2D eigenvalue weighted by Gasteiger charge is -2.47. The normalized spacial score (nSPS) is 27.5. The fourth-order valence-corrected chi connectivity index (χ4v) is 4.28. The number of nitrogens with one attached hydrogen (secondary N) is 2. The van der Waals surface area contributed by atoms with Crippen LogP contribution in [0.15, 0.2) is 0 Å². The van der Waals surface area contributed by atoms with E-state index in [1.165, 1.54) is 0 Å². The molecule has 1 unspecified atom stereocenters. The molecule has 0 aromatic heterocycles. The van der Waals surface area contributed by atoms with Gasteiger partial charge in [0.2, 0.25) is 0 Å². The first-order valence-electron chi connectivity index (χ1n) is 8.61. The van der Waals surface area contributed by atoms with Gasteiger partial charge < -0.3 is 20.6 Å². The molecule has 0 bridgehead atoms. The minimum atomic E-state index is -0.267. The first kappa shape index (κ1) is 17.5. The standard InChI is InChI=1S/C17H33N3O2/c1-12(21)13-6-8-20(9-7-13)15(22)18-14-10-16(2,3)19-17(4,5)11-14/h12-14,19,21H,6-11H2,1-5H3,(H,18,22). The topological polar surface area (TPSA) is 64.6 Å². The van der Waals surface area contributed by atoms with Gasteiger partial charge in [-0.15, -0.1) is 0 Å². The average molecular weight is 311 g/mol. The highest BCUT2D eigenvalue weighted by Gasteiger charge is 2.38. The molecule has 0 aromatic carbocycles. The number of aliphatic hydroxyl groups excluding tert-OH is 1. The highest BCUT2D eigenvalue weighted by molar-refractivity contribution is 5.74. The third-order valence-corrected chi connectivity index (χ3v) is 5.03. The summed E-state index contributed by atoms with van der Waals surface area (Å²) in [4.78, 5) is 14.4. The number of hydrogen-bond donors (Lipinski definition) is 3. The smallest absolute Gasteiger partial charge is 0.317 e. The third-order valence-electron chi connectivity index (χ3n) is 5.03. The van der Waals surface area contributed by atoms with Gasteiger partial charge in [-0.05, 0) is 66.2 Å². The van der Waals surface area contributed by atoms with Gasteiger partial charge in [0.15, 0.2) is 0 Å². The Morgan fingerprint density at radius 3 is 2.14 bits per heavy atom. The molecule has 5 nitrogen and oxygen atoms in total. The van der Waals surface area contributed by atoms with E-state index in [9.17, 15) is 9.90 Å². The lowest BCUT2D eigenvalue weighted by Crippen LogP contribution is -2.63. The third kappa shape index (κ3) is 4.59. The van der Waals surface area contributed by atoms with Crippen molar-refractivity contribution in [3.8, 4) is 0 Å². The van der Waals surface area contributed by atoms with E-state index >= 15 is 0 Å². The molecule has 22 heavy (non-hydrogen) atoms. The number of amides is 2. The zero-order valence-electron chi connectivity index (χ0n) is 14.8. The van der Waals surface area contributed by atoms with Crippen LogP contribution < -0.4 is 10.6 Å². The molecule has 5 heteroatoms. The van der Waals surface area contributed by atoms with Crippen LogP contribution in [-0.4, -0.2) is 52.4 Å². The van der Waals surface area contributed by atoms with Crippen molar-refractivity contribution in [1.82, 2.24) is 15.5 Å². The van der Waals surface area contributed by atoms with Crippen molar-refractivity contribution in [3.05, 3.63) is 0 Å². The maximum absolute atomic E-state index is 12.5. The summed E-state index contributed by atoms with van der Waals surface area (Å²) in [6.45, 7) is 12.1. The second-order valence-corrected chi connectivity index (χ2v) is 8.51. The molecule has 128 valence electrons. The monoisotopic (exact) mass is 311 g/mol. The first-order valence-corrected chi connectivity index (χ1v) is 8.61. The summed E-state index contributed by atoms with van der Waals surface area (Å²) in [6, 6.07) is 0.274. The number of nitrogens with zero attached hydrogens (tertiary/aromatic N) is 1. The molecule has 2 aliphatic rings. The lowest BCUT2D eigenvalue weighted by atomic mass is 9.79. The van der Waals surface area contributed by atoms with E-state index in [0.29, 0.717) is 5.92 Å². The van der Waals surface area contributed by atoms with Crippen molar-refractivity contribution in [2.75, 3.05) is 13.1 Å². The Kier molecular flexibility index (Phi) is 5.07. The zero-order chi connectivity index (χ0) is 16.5. The van der Waals surface area contributed by atoms with Gasteiger partial charge in [0, 0.05) is 30.2 Å². The Morgan fingerprint density at radius 2 is 1.68 bits per heavy atom. The molecule has 1 atom stereocenters. The van der Waals surface area contributed by atoms with Gasteiger partial charge in [0.25, 0.3) is 0 Å². The number of piperidine rings is 2. The molecular weight excluding hydrogens is 278 g/mol. The van der Waals surface area contributed by atoms with Gasteiger partial charge in [0.1, 0.15) is 0 Å². The van der Waals surface area contributed by atoms with Crippen molar-refractivity contribution in [3.63, 3.8) is 0 Å². The summed E-state index contributed by atoms with van der Waals surface area (Å²) >= 11 is 0. The van der Waals surface area contributed by atoms with E-state index in [-0.39, 0.29) is 29.3 Å². The van der Waals surface area contributed by atoms with Crippen LogP contribution in [0.4, 0.5) is 4.79 Å². The van der Waals surface area contributed by atoms with E-state index in [0.717, 1.165) is 38.8 Å². The van der Waals surface area contributed by atoms with E-state index in [1.807, 2.05) is 11.8 Å². The van der Waals surface area contributed by atoms with E-state index in [4.69, 9.17) is 0 Å². The maximum Gasteiger partial charge on any atom is 0.317 e. The van der Waals surface area contributed by atoms with Crippen molar-refractivity contribution >= 4 is 6.03 Å². The Morgan fingerprint density at radius 1 is 1.18 bits per heavy atom. The number of likely N-dealkylation sites (tertiary alicyclic amines) is 1. The molecule has 2 heterocycles. The number of urea groups is 1. The number of carbonyl (C=O) groups is 1. The predicted octanol–water partition coefficient (Wildman–Crippen LogP) is 2.10.